The molecule has 0 amide bonds. The summed E-state index contributed by atoms with van der Waals surface area (Å²) in [4.78, 5) is 0. The van der Waals surface area contributed by atoms with Crippen molar-refractivity contribution in [1.82, 2.24) is 0 Å². The third kappa shape index (κ3) is 2.63. The average molecular weight is 219 g/mol. The molecule has 2 heteroatoms. The number of methoxy groups -OCH3 is 1. The topological polar surface area (TPSA) is 35.2 Å². The van der Waals surface area contributed by atoms with Gasteiger partial charge in [-0.3, -0.25) is 0 Å². The zero-order valence-corrected chi connectivity index (χ0v) is 9.99. The monoisotopic (exact) mass is 219 g/mol. The zero-order valence-electron chi connectivity index (χ0n) is 9.99. The number of fused-ring (bicyclic) bond motifs is 1. The highest BCUT2D eigenvalue weighted by Crippen LogP contribution is 2.29. The van der Waals surface area contributed by atoms with Crippen LogP contribution in [0.5, 0.6) is 0 Å². The Bertz CT molecular complexity index is 312. The van der Waals surface area contributed by atoms with E-state index in [1.807, 2.05) is 0 Å². The lowest BCUT2D eigenvalue weighted by molar-refractivity contribution is 0.187. The minimum Gasteiger partial charge on any atom is -0.385 e. The lowest BCUT2D eigenvalue weighted by atomic mass is 9.94. The number of hydrogen-bond donors (Lipinski definition) is 1. The van der Waals surface area contributed by atoms with Crippen molar-refractivity contribution in [2.24, 2.45) is 11.7 Å². The Morgan fingerprint density at radius 2 is 1.94 bits per heavy atom. The van der Waals surface area contributed by atoms with Gasteiger partial charge in [0.2, 0.25) is 0 Å². The van der Waals surface area contributed by atoms with Gasteiger partial charge in [-0.2, -0.15) is 0 Å². The van der Waals surface area contributed by atoms with Crippen LogP contribution in [-0.4, -0.2) is 19.8 Å². The molecular formula is C14H21NO. The van der Waals surface area contributed by atoms with Crippen LogP contribution in [0.25, 0.3) is 0 Å². The van der Waals surface area contributed by atoms with Crippen LogP contribution in [0.1, 0.15) is 24.0 Å². The van der Waals surface area contributed by atoms with Crippen LogP contribution in [0, 0.1) is 5.92 Å². The van der Waals surface area contributed by atoms with Crippen molar-refractivity contribution in [2.75, 3.05) is 13.7 Å². The van der Waals surface area contributed by atoms with Crippen molar-refractivity contribution < 1.29 is 4.74 Å². The number of nitrogens with two attached hydrogens (primary N) is 1. The summed E-state index contributed by atoms with van der Waals surface area (Å²) in [7, 11) is 1.75. The lowest BCUT2D eigenvalue weighted by Crippen LogP contribution is -2.30. The highest BCUT2D eigenvalue weighted by Gasteiger charge is 2.25. The second-order valence-corrected chi connectivity index (χ2v) is 4.74. The number of rotatable bonds is 5. The van der Waals surface area contributed by atoms with E-state index in [2.05, 4.69) is 24.3 Å². The first-order chi connectivity index (χ1) is 7.81. The fraction of sp³-hybridized carbons (Fsp3) is 0.571. The number of ether oxygens (including phenoxy) is 1. The van der Waals surface area contributed by atoms with E-state index in [-0.39, 0.29) is 0 Å². The molecule has 2 nitrogen and oxygen atoms in total. The maximum absolute atomic E-state index is 6.24. The quantitative estimate of drug-likeness (QED) is 0.770. The van der Waals surface area contributed by atoms with Gasteiger partial charge in [-0.1, -0.05) is 24.3 Å². The summed E-state index contributed by atoms with van der Waals surface area (Å²) in [5.74, 6) is 0.634. The molecular weight excluding hydrogens is 198 g/mol. The molecule has 0 aliphatic heterocycles. The van der Waals surface area contributed by atoms with Gasteiger partial charge in [-0.15, -0.1) is 0 Å². The number of benzene rings is 1. The molecule has 0 spiro atoms. The largest absolute Gasteiger partial charge is 0.385 e. The van der Waals surface area contributed by atoms with Crippen molar-refractivity contribution in [3.8, 4) is 0 Å². The molecule has 0 fully saturated rings. The SMILES string of the molecule is COCCCC(N)C1Cc2ccccc2C1. The van der Waals surface area contributed by atoms with Gasteiger partial charge in [-0.25, -0.2) is 0 Å². The summed E-state index contributed by atoms with van der Waals surface area (Å²) in [5, 5.41) is 0. The smallest absolute Gasteiger partial charge is 0.0462 e. The summed E-state index contributed by atoms with van der Waals surface area (Å²) in [6.07, 6.45) is 4.46. The van der Waals surface area contributed by atoms with E-state index in [0.717, 1.165) is 32.3 Å². The van der Waals surface area contributed by atoms with E-state index in [0.29, 0.717) is 12.0 Å². The summed E-state index contributed by atoms with van der Waals surface area (Å²) in [5.41, 5.74) is 9.23. The molecule has 88 valence electrons. The van der Waals surface area contributed by atoms with Crippen LogP contribution in [0.15, 0.2) is 24.3 Å². The van der Waals surface area contributed by atoms with Crippen LogP contribution in [0.2, 0.25) is 0 Å². The molecule has 0 saturated carbocycles. The fourth-order valence-corrected chi connectivity index (χ4v) is 2.59. The van der Waals surface area contributed by atoms with E-state index in [4.69, 9.17) is 10.5 Å². The Labute approximate surface area is 97.8 Å². The Morgan fingerprint density at radius 1 is 1.31 bits per heavy atom. The van der Waals surface area contributed by atoms with Gasteiger partial charge < -0.3 is 10.5 Å². The van der Waals surface area contributed by atoms with Gasteiger partial charge in [0.05, 0.1) is 0 Å². The van der Waals surface area contributed by atoms with Gasteiger partial charge >= 0.3 is 0 Å². The Balaban J connectivity index is 1.86. The van der Waals surface area contributed by atoms with Gasteiger partial charge in [0.1, 0.15) is 0 Å². The van der Waals surface area contributed by atoms with E-state index in [1.165, 1.54) is 11.1 Å². The summed E-state index contributed by atoms with van der Waals surface area (Å²) in [6, 6.07) is 9.03. The summed E-state index contributed by atoms with van der Waals surface area (Å²) in [6.45, 7) is 0.827. The summed E-state index contributed by atoms with van der Waals surface area (Å²) < 4.78 is 5.06. The van der Waals surface area contributed by atoms with Gasteiger partial charge in [0.15, 0.2) is 0 Å². The third-order valence-corrected chi connectivity index (χ3v) is 3.57. The van der Waals surface area contributed by atoms with Crippen LogP contribution >= 0.6 is 0 Å². The Morgan fingerprint density at radius 3 is 2.50 bits per heavy atom. The molecule has 0 heterocycles. The molecule has 2 N–H and O–H groups in total. The first-order valence-corrected chi connectivity index (χ1v) is 6.12. The zero-order chi connectivity index (χ0) is 11.4. The maximum atomic E-state index is 6.24. The first kappa shape index (κ1) is 11.6. The van der Waals surface area contributed by atoms with Crippen LogP contribution in [0.3, 0.4) is 0 Å². The predicted molar refractivity (Wildman–Crippen MR) is 66.4 cm³/mol. The van der Waals surface area contributed by atoms with Gasteiger partial charge in [0, 0.05) is 19.8 Å². The van der Waals surface area contributed by atoms with E-state index in [9.17, 15) is 0 Å². The molecule has 0 radical (unpaired) electrons. The van der Waals surface area contributed by atoms with Crippen LogP contribution in [0.4, 0.5) is 0 Å². The van der Waals surface area contributed by atoms with Crippen molar-refractivity contribution in [3.63, 3.8) is 0 Å². The second-order valence-electron chi connectivity index (χ2n) is 4.74. The fourth-order valence-electron chi connectivity index (χ4n) is 2.59. The standard InChI is InChI=1S/C14H21NO/c1-16-8-4-7-14(15)13-9-11-5-2-3-6-12(11)10-13/h2-3,5-6,13-14H,4,7-10,15H2,1H3. The molecule has 16 heavy (non-hydrogen) atoms. The van der Waals surface area contributed by atoms with Crippen molar-refractivity contribution >= 4 is 0 Å². The summed E-state index contributed by atoms with van der Waals surface area (Å²) >= 11 is 0. The molecule has 1 aromatic rings. The number of hydrogen-bond acceptors (Lipinski definition) is 2. The van der Waals surface area contributed by atoms with Crippen molar-refractivity contribution in [3.05, 3.63) is 35.4 Å². The molecule has 0 aromatic heterocycles. The van der Waals surface area contributed by atoms with Crippen LogP contribution in [-0.2, 0) is 17.6 Å². The molecule has 1 aliphatic rings. The molecule has 1 aromatic carbocycles. The maximum Gasteiger partial charge on any atom is 0.0462 e. The molecule has 2 rings (SSSR count). The molecule has 1 aliphatic carbocycles. The minimum atomic E-state index is 0.322. The van der Waals surface area contributed by atoms with Gasteiger partial charge in [0.25, 0.3) is 0 Å². The van der Waals surface area contributed by atoms with Crippen molar-refractivity contribution in [2.45, 2.75) is 31.7 Å². The third-order valence-electron chi connectivity index (χ3n) is 3.57. The van der Waals surface area contributed by atoms with E-state index < -0.39 is 0 Å². The molecule has 0 saturated heterocycles. The first-order valence-electron chi connectivity index (χ1n) is 6.12. The predicted octanol–water partition coefficient (Wildman–Crippen LogP) is 2.16. The molecule has 0 bridgehead atoms. The van der Waals surface area contributed by atoms with Crippen molar-refractivity contribution in [1.29, 1.82) is 0 Å². The minimum absolute atomic E-state index is 0.322. The molecule has 1 unspecified atom stereocenters. The Kier molecular flexibility index (Phi) is 3.97. The average Bonchev–Trinajstić information content (AvgIpc) is 2.73. The van der Waals surface area contributed by atoms with E-state index >= 15 is 0 Å². The highest BCUT2D eigenvalue weighted by atomic mass is 16.5. The van der Waals surface area contributed by atoms with Crippen LogP contribution < -0.4 is 5.73 Å². The molecule has 1 atom stereocenters. The normalized spacial score (nSPS) is 17.4. The van der Waals surface area contributed by atoms with E-state index in [1.54, 1.807) is 7.11 Å². The lowest BCUT2D eigenvalue weighted by Gasteiger charge is -2.18. The highest BCUT2D eigenvalue weighted by molar-refractivity contribution is 5.32. The Hall–Kier alpha value is -0.860. The second kappa shape index (κ2) is 5.46. The van der Waals surface area contributed by atoms with Gasteiger partial charge in [-0.05, 0) is 42.7 Å².